The van der Waals surface area contributed by atoms with E-state index in [0.29, 0.717) is 40.6 Å². The molecule has 28 heavy (non-hydrogen) atoms. The van der Waals surface area contributed by atoms with Crippen LogP contribution in [0.2, 0.25) is 5.02 Å². The lowest BCUT2D eigenvalue weighted by molar-refractivity contribution is 0.480. The third kappa shape index (κ3) is 3.87. The highest BCUT2D eigenvalue weighted by atomic mass is 35.5. The molecule has 4 aromatic rings. The average molecular weight is 392 g/mol. The highest BCUT2D eigenvalue weighted by Crippen LogP contribution is 2.26. The Kier molecular flexibility index (Phi) is 4.79. The van der Waals surface area contributed by atoms with Crippen LogP contribution < -0.4 is 10.3 Å². The van der Waals surface area contributed by atoms with Gasteiger partial charge in [0.2, 0.25) is 0 Å². The summed E-state index contributed by atoms with van der Waals surface area (Å²) in [7, 11) is 0. The first-order valence-corrected chi connectivity index (χ1v) is 8.88. The number of pyridine rings is 2. The molecule has 0 unspecified atom stereocenters. The minimum Gasteiger partial charge on any atom is -0.457 e. The third-order valence-electron chi connectivity index (χ3n) is 4.16. The Balaban J connectivity index is 1.55. The van der Waals surface area contributed by atoms with Gasteiger partial charge in [0.1, 0.15) is 11.5 Å². The molecule has 3 heterocycles. The molecule has 0 aliphatic rings. The minimum absolute atomic E-state index is 0.274. The van der Waals surface area contributed by atoms with Crippen molar-refractivity contribution >= 4 is 22.6 Å². The number of aryl methyl sites for hydroxylation is 2. The van der Waals surface area contributed by atoms with E-state index in [9.17, 15) is 4.79 Å². The van der Waals surface area contributed by atoms with Crippen LogP contribution in [-0.2, 0) is 12.8 Å². The normalized spacial score (nSPS) is 10.7. The molecule has 0 spiro atoms. The van der Waals surface area contributed by atoms with E-state index in [1.54, 1.807) is 30.5 Å². The number of H-pyrrole nitrogens is 2. The molecule has 0 radical (unpaired) electrons. The van der Waals surface area contributed by atoms with Gasteiger partial charge < -0.3 is 9.72 Å². The van der Waals surface area contributed by atoms with Gasteiger partial charge in [-0.1, -0.05) is 11.6 Å². The number of nitrogens with zero attached hydrogens (tertiary/aromatic N) is 3. The smallest absolute Gasteiger partial charge is 0.251 e. The molecule has 4 rings (SSSR count). The first-order valence-electron chi connectivity index (χ1n) is 8.50. The lowest BCUT2D eigenvalue weighted by atomic mass is 10.1. The van der Waals surface area contributed by atoms with Crippen molar-refractivity contribution in [3.05, 3.63) is 81.0 Å². The summed E-state index contributed by atoms with van der Waals surface area (Å²) in [6.07, 6.45) is 2.90. The number of ether oxygens (including phenoxy) is 1. The molecule has 0 aliphatic carbocycles. The fraction of sp³-hybridized carbons (Fsp3) is 0.100. The summed E-state index contributed by atoms with van der Waals surface area (Å²) in [5, 5.41) is 17.6. The second kappa shape index (κ2) is 7.55. The van der Waals surface area contributed by atoms with Gasteiger partial charge in [-0.25, -0.2) is 4.98 Å². The summed E-state index contributed by atoms with van der Waals surface area (Å²) < 4.78 is 5.74. The number of hydrogen-bond donors (Lipinski definition) is 2. The molecular weight excluding hydrogens is 378 g/mol. The number of hydrogen-bond acceptors (Lipinski definition) is 5. The van der Waals surface area contributed by atoms with Crippen LogP contribution in [-0.4, -0.2) is 20.2 Å². The molecule has 138 valence electrons. The lowest BCUT2D eigenvalue weighted by Crippen LogP contribution is -2.09. The Morgan fingerprint density at radius 1 is 1.14 bits per heavy atom. The van der Waals surface area contributed by atoms with Crippen LogP contribution in [0.5, 0.6) is 11.5 Å². The van der Waals surface area contributed by atoms with Crippen LogP contribution in [0.3, 0.4) is 0 Å². The number of benzene rings is 1. The largest absolute Gasteiger partial charge is 0.457 e. The summed E-state index contributed by atoms with van der Waals surface area (Å²) in [6, 6.07) is 13.6. The van der Waals surface area contributed by atoms with Gasteiger partial charge in [0.05, 0.1) is 17.3 Å². The fourth-order valence-electron chi connectivity index (χ4n) is 2.94. The van der Waals surface area contributed by atoms with Crippen LogP contribution >= 0.6 is 11.6 Å². The second-order valence-corrected chi connectivity index (χ2v) is 6.60. The minimum atomic E-state index is -0.274. The highest BCUT2D eigenvalue weighted by molar-refractivity contribution is 6.30. The molecule has 0 bridgehead atoms. The summed E-state index contributed by atoms with van der Waals surface area (Å²) in [5.41, 5.74) is 2.43. The maximum atomic E-state index is 12.0. The zero-order valence-electron chi connectivity index (χ0n) is 14.6. The number of fused-ring (bicyclic) bond motifs is 1. The van der Waals surface area contributed by atoms with Crippen LogP contribution in [0.25, 0.3) is 11.0 Å². The number of nitriles is 1. The predicted octanol–water partition coefficient (Wildman–Crippen LogP) is 3.75. The van der Waals surface area contributed by atoms with E-state index < -0.39 is 0 Å². The predicted molar refractivity (Wildman–Crippen MR) is 105 cm³/mol. The van der Waals surface area contributed by atoms with E-state index in [2.05, 4.69) is 20.2 Å². The maximum Gasteiger partial charge on any atom is 0.251 e. The number of aromatic nitrogens is 4. The van der Waals surface area contributed by atoms with Gasteiger partial charge in [-0.15, -0.1) is 0 Å². The van der Waals surface area contributed by atoms with Crippen LogP contribution in [0.4, 0.5) is 0 Å². The van der Waals surface area contributed by atoms with E-state index in [-0.39, 0.29) is 5.56 Å². The van der Waals surface area contributed by atoms with Crippen molar-refractivity contribution < 1.29 is 4.74 Å². The topological polar surface area (TPSA) is 107 Å². The molecule has 0 amide bonds. The molecular formula is C20H14ClN5O2. The Morgan fingerprint density at radius 2 is 2.00 bits per heavy atom. The van der Waals surface area contributed by atoms with Crippen LogP contribution in [0.15, 0.2) is 53.5 Å². The number of halogens is 1. The van der Waals surface area contributed by atoms with Crippen molar-refractivity contribution in [3.63, 3.8) is 0 Å². The quantitative estimate of drug-likeness (QED) is 0.538. The van der Waals surface area contributed by atoms with Gasteiger partial charge in [-0.05, 0) is 43.2 Å². The number of nitrogens with one attached hydrogen (secondary N) is 2. The fourth-order valence-corrected chi connectivity index (χ4v) is 3.17. The van der Waals surface area contributed by atoms with Gasteiger partial charge >= 0.3 is 0 Å². The Labute approximate surface area is 164 Å². The van der Waals surface area contributed by atoms with Gasteiger partial charge in [0.15, 0.2) is 5.65 Å². The van der Waals surface area contributed by atoms with Crippen molar-refractivity contribution in [1.82, 2.24) is 20.2 Å². The zero-order valence-corrected chi connectivity index (χ0v) is 15.3. The summed E-state index contributed by atoms with van der Waals surface area (Å²) in [5.74, 6) is 0.767. The zero-order chi connectivity index (χ0) is 19.5. The monoisotopic (exact) mass is 391 g/mol. The van der Waals surface area contributed by atoms with Crippen molar-refractivity contribution in [1.29, 1.82) is 5.26 Å². The van der Waals surface area contributed by atoms with Crippen molar-refractivity contribution in [2.75, 3.05) is 0 Å². The molecule has 7 nitrogen and oxygen atoms in total. The lowest BCUT2D eigenvalue weighted by Gasteiger charge is -2.08. The van der Waals surface area contributed by atoms with E-state index in [4.69, 9.17) is 21.6 Å². The second-order valence-electron chi connectivity index (χ2n) is 6.16. The first kappa shape index (κ1) is 17.8. The van der Waals surface area contributed by atoms with Crippen molar-refractivity contribution in [2.24, 2.45) is 0 Å². The molecule has 1 aromatic carbocycles. The molecule has 0 saturated heterocycles. The van der Waals surface area contributed by atoms with Crippen molar-refractivity contribution in [2.45, 2.75) is 12.8 Å². The molecule has 2 N–H and O–H groups in total. The summed E-state index contributed by atoms with van der Waals surface area (Å²) >= 11 is 6.00. The molecule has 0 atom stereocenters. The molecule has 8 heteroatoms. The number of rotatable bonds is 5. The Bertz CT molecular complexity index is 1260. The van der Waals surface area contributed by atoms with E-state index in [1.165, 1.54) is 6.07 Å². The molecule has 0 aliphatic heterocycles. The van der Waals surface area contributed by atoms with E-state index >= 15 is 0 Å². The van der Waals surface area contributed by atoms with Crippen LogP contribution in [0.1, 0.15) is 17.0 Å². The summed E-state index contributed by atoms with van der Waals surface area (Å²) in [4.78, 5) is 19.1. The highest BCUT2D eigenvalue weighted by Gasteiger charge is 2.09. The Morgan fingerprint density at radius 3 is 2.86 bits per heavy atom. The van der Waals surface area contributed by atoms with Gasteiger partial charge in [0.25, 0.3) is 5.56 Å². The summed E-state index contributed by atoms with van der Waals surface area (Å²) in [6.45, 7) is 0. The molecule has 3 aromatic heterocycles. The van der Waals surface area contributed by atoms with Crippen LogP contribution in [0, 0.1) is 11.3 Å². The first-order chi connectivity index (χ1) is 13.6. The van der Waals surface area contributed by atoms with Gasteiger partial charge in [-0.2, -0.15) is 10.4 Å². The Hall–Kier alpha value is -3.63. The molecule has 0 saturated carbocycles. The molecule has 0 fully saturated rings. The van der Waals surface area contributed by atoms with Gasteiger partial charge in [0, 0.05) is 34.4 Å². The SMILES string of the molecule is N#Cc1cc(Cl)cc(Oc2cc(CCc3n[nH]c4ncccc34)[nH]c(=O)c2)c1. The van der Waals surface area contributed by atoms with E-state index in [0.717, 1.165) is 16.7 Å². The number of aromatic amines is 2. The standard InChI is InChI=1S/C20H14ClN5O2/c21-13-6-12(11-22)7-15(8-13)28-16-9-14(24-19(27)10-16)3-4-18-17-2-1-5-23-20(17)26-25-18/h1-2,5-10H,3-4H2,(H,24,27)(H,23,25,26). The maximum absolute atomic E-state index is 12.0. The average Bonchev–Trinajstić information content (AvgIpc) is 3.08. The third-order valence-corrected chi connectivity index (χ3v) is 4.37. The van der Waals surface area contributed by atoms with Gasteiger partial charge in [-0.3, -0.25) is 9.89 Å². The van der Waals surface area contributed by atoms with E-state index in [1.807, 2.05) is 18.2 Å². The van der Waals surface area contributed by atoms with Crippen molar-refractivity contribution in [3.8, 4) is 17.6 Å².